The molecule has 7 rings (SSSR count). The van der Waals surface area contributed by atoms with Crippen LogP contribution in [0.1, 0.15) is 54.5 Å². The Morgan fingerprint density at radius 3 is 2.53 bits per heavy atom. The Bertz CT molecular complexity index is 1850. The van der Waals surface area contributed by atoms with Crippen molar-refractivity contribution in [3.63, 3.8) is 0 Å². The summed E-state index contributed by atoms with van der Waals surface area (Å²) in [5.74, 6) is -0.775. The first-order valence-electron chi connectivity index (χ1n) is 16.9. The van der Waals surface area contributed by atoms with Crippen molar-refractivity contribution in [2.45, 2.75) is 75.5 Å². The zero-order valence-corrected chi connectivity index (χ0v) is 30.5. The van der Waals surface area contributed by atoms with Crippen LogP contribution in [0.2, 0.25) is 18.6 Å². The van der Waals surface area contributed by atoms with Crippen LogP contribution in [0, 0.1) is 5.92 Å². The van der Waals surface area contributed by atoms with Crippen molar-refractivity contribution in [2.24, 2.45) is 5.92 Å². The number of halogens is 2. The Morgan fingerprint density at radius 2 is 1.86 bits per heavy atom. The summed E-state index contributed by atoms with van der Waals surface area (Å²) in [5.41, 5.74) is 3.11. The highest BCUT2D eigenvalue weighted by Crippen LogP contribution is 2.60. The van der Waals surface area contributed by atoms with Gasteiger partial charge < -0.3 is 23.8 Å². The zero-order chi connectivity index (χ0) is 34.5. The maximum atomic E-state index is 16.4. The lowest BCUT2D eigenvalue weighted by Crippen LogP contribution is -2.45. The Labute approximate surface area is 295 Å². The number of aliphatic hydroxyl groups is 1. The van der Waals surface area contributed by atoms with Gasteiger partial charge in [-0.1, -0.05) is 70.5 Å². The number of nitrogens with zero attached hydrogens (tertiary/aromatic N) is 5. The quantitative estimate of drug-likeness (QED) is 0.143. The largest absolute Gasteiger partial charge is 0.395 e. The van der Waals surface area contributed by atoms with Gasteiger partial charge >= 0.3 is 0 Å². The number of amides is 2. The molecule has 2 fully saturated rings. The van der Waals surface area contributed by atoms with Gasteiger partial charge in [0, 0.05) is 52.9 Å². The van der Waals surface area contributed by atoms with Gasteiger partial charge in [-0.05, 0) is 67.4 Å². The second-order valence-electron chi connectivity index (χ2n) is 14.0. The molecule has 9 nitrogen and oxygen atoms in total. The molecule has 2 saturated heterocycles. The first kappa shape index (κ1) is 33.8. The van der Waals surface area contributed by atoms with Crippen molar-refractivity contribution in [3.05, 3.63) is 106 Å². The minimum Gasteiger partial charge on any atom is -0.395 e. The minimum atomic E-state index is -3.35. The maximum absolute atomic E-state index is 16.4. The number of rotatable bonds is 10. The molecule has 1 unspecified atom stereocenters. The second-order valence-corrected chi connectivity index (χ2v) is 18.7. The summed E-state index contributed by atoms with van der Waals surface area (Å²) in [6.07, 6.45) is 3.17. The predicted octanol–water partition coefficient (Wildman–Crippen LogP) is 6.70. The summed E-state index contributed by atoms with van der Waals surface area (Å²) in [4.78, 5) is 30.6. The maximum Gasteiger partial charge on any atom is 0.264 e. The van der Waals surface area contributed by atoms with Crippen LogP contribution in [0.3, 0.4) is 0 Å². The zero-order valence-electron chi connectivity index (χ0n) is 27.9. The Morgan fingerprint density at radius 1 is 1.10 bits per heavy atom. The topological polar surface area (TPSA) is 101 Å². The molecule has 1 N–H and O–H groups in total. The van der Waals surface area contributed by atoms with E-state index in [1.54, 1.807) is 27.6 Å². The van der Waals surface area contributed by atoms with Gasteiger partial charge in [-0.15, -0.1) is 5.10 Å². The van der Waals surface area contributed by atoms with Crippen LogP contribution in [0.4, 0.5) is 15.5 Å². The van der Waals surface area contributed by atoms with Crippen LogP contribution in [-0.2, 0) is 33.0 Å². The van der Waals surface area contributed by atoms with E-state index in [-0.39, 0.29) is 24.3 Å². The first-order chi connectivity index (χ1) is 23.5. The van der Waals surface area contributed by atoms with E-state index >= 15 is 4.11 Å². The average Bonchev–Trinajstić information content (AvgIpc) is 3.84. The van der Waals surface area contributed by atoms with E-state index in [0.717, 1.165) is 39.0 Å². The molecular weight excluding hydrogens is 705 g/mol. The first-order valence-corrected chi connectivity index (χ1v) is 20.7. The summed E-state index contributed by atoms with van der Waals surface area (Å²) in [7, 11) is -3.35. The van der Waals surface area contributed by atoms with Gasteiger partial charge in [0.15, 0.2) is 5.60 Å². The number of fused-ring (bicyclic) bond motifs is 2. The molecule has 1 spiro atoms. The highest BCUT2D eigenvalue weighted by atomic mass is 79.9. The Hall–Kier alpha value is -3.71. The number of anilines is 2. The van der Waals surface area contributed by atoms with Gasteiger partial charge in [0.1, 0.15) is 0 Å². The molecule has 4 heterocycles. The van der Waals surface area contributed by atoms with Crippen molar-refractivity contribution in [1.29, 1.82) is 0 Å². The number of ether oxygens (including phenoxy) is 1. The van der Waals surface area contributed by atoms with Gasteiger partial charge in [-0.3, -0.25) is 14.3 Å². The fourth-order valence-corrected chi connectivity index (χ4v) is 11.1. The number of aromatic nitrogens is 3. The van der Waals surface area contributed by atoms with E-state index in [1.807, 2.05) is 85.9 Å². The third kappa shape index (κ3) is 6.06. The molecule has 0 radical (unpaired) electrons. The molecule has 0 aliphatic carbocycles. The predicted molar refractivity (Wildman–Crippen MR) is 191 cm³/mol. The summed E-state index contributed by atoms with van der Waals surface area (Å²) >= 11 is 3.62. The van der Waals surface area contributed by atoms with E-state index in [9.17, 15) is 14.7 Å². The van der Waals surface area contributed by atoms with Crippen molar-refractivity contribution < 1.29 is 23.5 Å². The van der Waals surface area contributed by atoms with Crippen LogP contribution < -0.4 is 9.80 Å². The summed E-state index contributed by atoms with van der Waals surface area (Å²) < 4.78 is 25.8. The normalized spacial score (nSPS) is 24.3. The summed E-state index contributed by atoms with van der Waals surface area (Å²) in [5, 5.41) is 18.8. The van der Waals surface area contributed by atoms with E-state index in [1.165, 1.54) is 0 Å². The SMILES string of the molecule is C[C@@H]1[C@@H]([Si](C)(C)F)[C@H](CCn2cc(C(CO)c3ccccc3)nn2)O[C@@]12C(=O)N(Cc1ccc(N3CCCC3=O)cc1)c1ccc(Br)cc12. The van der Waals surface area contributed by atoms with Crippen molar-refractivity contribution >= 4 is 47.5 Å². The van der Waals surface area contributed by atoms with Gasteiger partial charge in [0.2, 0.25) is 14.3 Å². The van der Waals surface area contributed by atoms with Crippen LogP contribution in [-0.4, -0.2) is 59.6 Å². The van der Waals surface area contributed by atoms with Crippen LogP contribution in [0.25, 0.3) is 0 Å². The minimum absolute atomic E-state index is 0.103. The Balaban J connectivity index is 1.15. The van der Waals surface area contributed by atoms with Gasteiger partial charge in [-0.2, -0.15) is 0 Å². The standard InChI is InChI=1S/C37H41BrFN5O4Si/c1-24-35(49(2,3)39)33(17-19-42-22-31(40-41-42)29(23-45)26-8-5-4-6-9-26)48-37(24)30-20-27(38)13-16-32(30)44(36(37)47)21-25-11-14-28(15-12-25)43-18-7-10-34(43)46/h4-6,8-9,11-16,20,22,24,29,33,35,45H,7,10,17-19,21,23H2,1-3H3/t24-,29?,33+,35-,37+/m1/s1. The van der Waals surface area contributed by atoms with Gasteiger partial charge in [0.05, 0.1) is 36.6 Å². The van der Waals surface area contributed by atoms with Crippen molar-refractivity contribution in [2.75, 3.05) is 23.0 Å². The molecule has 12 heteroatoms. The number of carbonyl (C=O) groups excluding carboxylic acids is 2. The third-order valence-corrected chi connectivity index (χ3v) is 13.5. The Kier molecular flexibility index (Phi) is 9.10. The lowest BCUT2D eigenvalue weighted by atomic mass is 9.82. The number of aryl methyl sites for hydroxylation is 1. The average molecular weight is 747 g/mol. The molecule has 0 bridgehead atoms. The lowest BCUT2D eigenvalue weighted by Gasteiger charge is -2.31. The van der Waals surface area contributed by atoms with E-state index in [0.29, 0.717) is 38.2 Å². The molecular formula is C37H41BrFN5O4Si. The highest BCUT2D eigenvalue weighted by Gasteiger charge is 2.66. The number of aliphatic hydroxyl groups excluding tert-OH is 1. The number of hydrogen-bond acceptors (Lipinski definition) is 6. The summed E-state index contributed by atoms with van der Waals surface area (Å²) in [6.45, 7) is 6.72. The van der Waals surface area contributed by atoms with E-state index in [2.05, 4.69) is 26.2 Å². The molecule has 0 saturated carbocycles. The van der Waals surface area contributed by atoms with Crippen LogP contribution >= 0.6 is 15.9 Å². The van der Waals surface area contributed by atoms with Crippen molar-refractivity contribution in [3.8, 4) is 0 Å². The lowest BCUT2D eigenvalue weighted by molar-refractivity contribution is -0.146. The number of carbonyl (C=O) groups is 2. The highest BCUT2D eigenvalue weighted by molar-refractivity contribution is 9.10. The van der Waals surface area contributed by atoms with E-state index < -0.39 is 31.6 Å². The van der Waals surface area contributed by atoms with Crippen LogP contribution in [0.5, 0.6) is 0 Å². The fourth-order valence-electron chi connectivity index (χ4n) is 8.23. The number of hydrogen-bond donors (Lipinski definition) is 1. The molecule has 3 aliphatic rings. The van der Waals surface area contributed by atoms with Gasteiger partial charge in [0.25, 0.3) is 5.91 Å². The molecule has 1 aromatic heterocycles. The molecule has 3 aromatic carbocycles. The molecule has 49 heavy (non-hydrogen) atoms. The van der Waals surface area contributed by atoms with Gasteiger partial charge in [-0.25, -0.2) is 0 Å². The fraction of sp³-hybridized carbons (Fsp3) is 0.405. The molecule has 2 amide bonds. The third-order valence-electron chi connectivity index (χ3n) is 10.5. The molecule has 5 atom stereocenters. The van der Waals surface area contributed by atoms with E-state index in [4.69, 9.17) is 4.74 Å². The van der Waals surface area contributed by atoms with Crippen LogP contribution in [0.15, 0.2) is 83.5 Å². The molecule has 3 aliphatic heterocycles. The monoisotopic (exact) mass is 745 g/mol. The molecule has 256 valence electrons. The summed E-state index contributed by atoms with van der Waals surface area (Å²) in [6, 6.07) is 23.3. The number of benzene rings is 3. The molecule has 4 aromatic rings. The van der Waals surface area contributed by atoms with Crippen molar-refractivity contribution in [1.82, 2.24) is 15.0 Å². The smallest absolute Gasteiger partial charge is 0.264 e. The second kappa shape index (κ2) is 13.2.